The Kier molecular flexibility index (Phi) is 27.5. The molecule has 0 heterocycles. The minimum Gasteiger partial charge on any atom is -0.462 e. The molecule has 0 spiro atoms. The van der Waals surface area contributed by atoms with Crippen molar-refractivity contribution in [3.63, 3.8) is 0 Å². The summed E-state index contributed by atoms with van der Waals surface area (Å²) in [5.74, 6) is -1.63. The lowest BCUT2D eigenvalue weighted by molar-refractivity contribution is -0.156. The zero-order valence-corrected chi connectivity index (χ0v) is 26.6. The number of carbonyl (C=O) groups excluding carboxylic acids is 2. The first-order valence-electron chi connectivity index (χ1n) is 16.3. The fraction of sp³-hybridized carbons (Fsp3) is 0.935. The van der Waals surface area contributed by atoms with E-state index in [0.29, 0.717) is 12.8 Å². The Hall–Kier alpha value is -0.950. The number of ether oxygens (including phenoxy) is 2. The summed E-state index contributed by atoms with van der Waals surface area (Å²) in [6, 6.07) is 0. The highest BCUT2D eigenvalue weighted by atomic mass is 31.2. The number of rotatable bonds is 30. The van der Waals surface area contributed by atoms with Gasteiger partial charge in [-0.2, -0.15) is 0 Å². The molecular weight excluding hydrogens is 531 g/mol. The van der Waals surface area contributed by atoms with E-state index in [4.69, 9.17) is 19.3 Å². The first-order valence-corrected chi connectivity index (χ1v) is 17.9. The number of carbonyl (C=O) groups is 2. The van der Waals surface area contributed by atoms with Crippen LogP contribution in [-0.4, -0.2) is 41.5 Å². The molecule has 0 aromatic carbocycles. The Labute approximate surface area is 244 Å². The van der Waals surface area contributed by atoms with Crippen LogP contribution < -0.4 is 0 Å². The molecule has 0 aliphatic rings. The topological polar surface area (TPSA) is 119 Å². The van der Waals surface area contributed by atoms with Crippen LogP contribution in [0.3, 0.4) is 0 Å². The largest absolute Gasteiger partial charge is 0.469 e. The van der Waals surface area contributed by atoms with Gasteiger partial charge in [0.2, 0.25) is 0 Å². The second-order valence-corrected chi connectivity index (χ2v) is 12.4. The zero-order chi connectivity index (χ0) is 29.7. The van der Waals surface area contributed by atoms with E-state index in [0.717, 1.165) is 44.9 Å². The van der Waals surface area contributed by atoms with Gasteiger partial charge in [0.1, 0.15) is 13.2 Å². The van der Waals surface area contributed by atoms with Gasteiger partial charge in [0.05, 0.1) is 12.5 Å². The molecule has 238 valence electrons. The number of unbranched alkanes of at least 4 members (excludes halogenated alkanes) is 19. The van der Waals surface area contributed by atoms with Gasteiger partial charge in [-0.1, -0.05) is 142 Å². The van der Waals surface area contributed by atoms with Crippen LogP contribution in [0.2, 0.25) is 0 Å². The molecule has 0 rings (SSSR count). The minimum absolute atomic E-state index is 0.0209. The van der Waals surface area contributed by atoms with E-state index in [1.165, 1.54) is 89.9 Å². The predicted molar refractivity (Wildman–Crippen MR) is 161 cm³/mol. The molecule has 8 nitrogen and oxygen atoms in total. The lowest BCUT2D eigenvalue weighted by atomic mass is 10.0. The van der Waals surface area contributed by atoms with Crippen LogP contribution in [-0.2, 0) is 28.2 Å². The smallest absolute Gasteiger partial charge is 0.462 e. The van der Waals surface area contributed by atoms with Crippen LogP contribution >= 0.6 is 7.82 Å². The predicted octanol–water partition coefficient (Wildman–Crippen LogP) is 8.81. The molecule has 0 aromatic rings. The van der Waals surface area contributed by atoms with Gasteiger partial charge >= 0.3 is 19.8 Å². The SMILES string of the molecule is CCCCCCCCCCCCCC(=O)OCCOC(=O)C(CCCCCCCCCCCC)COP(=O)(O)O. The molecule has 0 amide bonds. The van der Waals surface area contributed by atoms with Crippen LogP contribution in [0.15, 0.2) is 0 Å². The fourth-order valence-electron chi connectivity index (χ4n) is 4.76. The van der Waals surface area contributed by atoms with Crippen molar-refractivity contribution >= 4 is 19.8 Å². The van der Waals surface area contributed by atoms with Gasteiger partial charge < -0.3 is 19.3 Å². The molecule has 9 heteroatoms. The van der Waals surface area contributed by atoms with Crippen molar-refractivity contribution in [3.8, 4) is 0 Å². The highest BCUT2D eigenvalue weighted by Crippen LogP contribution is 2.36. The molecule has 0 fully saturated rings. The highest BCUT2D eigenvalue weighted by molar-refractivity contribution is 7.46. The number of phosphoric acid groups is 1. The van der Waals surface area contributed by atoms with Gasteiger partial charge in [0.15, 0.2) is 0 Å². The van der Waals surface area contributed by atoms with E-state index < -0.39 is 19.7 Å². The third-order valence-electron chi connectivity index (χ3n) is 7.26. The third-order valence-corrected chi connectivity index (χ3v) is 7.74. The van der Waals surface area contributed by atoms with E-state index in [9.17, 15) is 14.2 Å². The van der Waals surface area contributed by atoms with Gasteiger partial charge in [0.25, 0.3) is 0 Å². The van der Waals surface area contributed by atoms with Gasteiger partial charge in [0, 0.05) is 6.42 Å². The van der Waals surface area contributed by atoms with Crippen molar-refractivity contribution in [2.24, 2.45) is 5.92 Å². The van der Waals surface area contributed by atoms with Crippen molar-refractivity contribution in [2.45, 2.75) is 162 Å². The molecule has 0 saturated carbocycles. The summed E-state index contributed by atoms with van der Waals surface area (Å²) in [5.41, 5.74) is 0. The van der Waals surface area contributed by atoms with Gasteiger partial charge in [-0.05, 0) is 12.8 Å². The van der Waals surface area contributed by atoms with Crippen LogP contribution in [0, 0.1) is 5.92 Å². The molecule has 0 bridgehead atoms. The van der Waals surface area contributed by atoms with Crippen molar-refractivity contribution in [1.82, 2.24) is 0 Å². The maximum absolute atomic E-state index is 12.5. The summed E-state index contributed by atoms with van der Waals surface area (Å²) in [6.07, 6.45) is 25.7. The van der Waals surface area contributed by atoms with E-state index in [1.807, 2.05) is 0 Å². The molecule has 0 aliphatic carbocycles. The standard InChI is InChI=1S/C31H61O8P/c1-3-5-7-9-11-13-15-17-19-21-23-25-30(32)37-26-27-38-31(33)29(28-39-40(34,35)36)24-22-20-18-16-14-12-10-8-6-4-2/h29H,3-28H2,1-2H3,(H2,34,35,36). The van der Waals surface area contributed by atoms with E-state index in [2.05, 4.69) is 18.4 Å². The maximum Gasteiger partial charge on any atom is 0.469 e. The summed E-state index contributed by atoms with van der Waals surface area (Å²) >= 11 is 0. The molecule has 0 aliphatic heterocycles. The molecule has 0 aromatic heterocycles. The Morgan fingerprint density at radius 2 is 1.00 bits per heavy atom. The highest BCUT2D eigenvalue weighted by Gasteiger charge is 2.25. The zero-order valence-electron chi connectivity index (χ0n) is 25.8. The number of phosphoric ester groups is 1. The van der Waals surface area contributed by atoms with Crippen molar-refractivity contribution in [2.75, 3.05) is 19.8 Å². The van der Waals surface area contributed by atoms with Crippen LogP contribution in [0.25, 0.3) is 0 Å². The van der Waals surface area contributed by atoms with Crippen LogP contribution in [0.5, 0.6) is 0 Å². The second kappa shape index (κ2) is 28.2. The molecule has 0 radical (unpaired) electrons. The number of hydrogen-bond acceptors (Lipinski definition) is 6. The number of esters is 2. The first-order chi connectivity index (χ1) is 19.3. The normalized spacial score (nSPS) is 12.4. The van der Waals surface area contributed by atoms with Gasteiger partial charge in [-0.15, -0.1) is 0 Å². The summed E-state index contributed by atoms with van der Waals surface area (Å²) < 4.78 is 26.1. The molecule has 40 heavy (non-hydrogen) atoms. The van der Waals surface area contributed by atoms with E-state index >= 15 is 0 Å². The summed E-state index contributed by atoms with van der Waals surface area (Å²) in [5, 5.41) is 0. The lowest BCUT2D eigenvalue weighted by Gasteiger charge is -2.16. The Bertz CT molecular complexity index is 637. The minimum atomic E-state index is -4.67. The van der Waals surface area contributed by atoms with Crippen molar-refractivity contribution in [3.05, 3.63) is 0 Å². The Morgan fingerprint density at radius 1 is 0.600 bits per heavy atom. The molecule has 0 saturated heterocycles. The molecule has 2 N–H and O–H groups in total. The van der Waals surface area contributed by atoms with Gasteiger partial charge in [-0.25, -0.2) is 4.57 Å². The summed E-state index contributed by atoms with van der Waals surface area (Å²) in [4.78, 5) is 42.5. The molecule has 1 unspecified atom stereocenters. The van der Waals surface area contributed by atoms with Crippen LogP contribution in [0.1, 0.15) is 162 Å². The monoisotopic (exact) mass is 592 g/mol. The van der Waals surface area contributed by atoms with E-state index in [1.54, 1.807) is 0 Å². The third kappa shape index (κ3) is 28.6. The van der Waals surface area contributed by atoms with E-state index in [-0.39, 0.29) is 25.8 Å². The quantitative estimate of drug-likeness (QED) is 0.0482. The van der Waals surface area contributed by atoms with Crippen molar-refractivity contribution < 1.29 is 37.9 Å². The Morgan fingerprint density at radius 3 is 1.45 bits per heavy atom. The average Bonchev–Trinajstić information content (AvgIpc) is 2.91. The van der Waals surface area contributed by atoms with Crippen molar-refractivity contribution in [1.29, 1.82) is 0 Å². The molecular formula is C31H61O8P. The second-order valence-electron chi connectivity index (χ2n) is 11.1. The maximum atomic E-state index is 12.5. The molecule has 1 atom stereocenters. The first kappa shape index (κ1) is 39.0. The van der Waals surface area contributed by atoms with Crippen LogP contribution in [0.4, 0.5) is 0 Å². The summed E-state index contributed by atoms with van der Waals surface area (Å²) in [7, 11) is -4.67. The average molecular weight is 593 g/mol. The number of hydrogen-bond donors (Lipinski definition) is 2. The fourth-order valence-corrected chi connectivity index (χ4v) is 5.13. The lowest BCUT2D eigenvalue weighted by Crippen LogP contribution is -2.24. The summed E-state index contributed by atoms with van der Waals surface area (Å²) in [6.45, 7) is 3.96. The Balaban J connectivity index is 3.95. The van der Waals surface area contributed by atoms with Gasteiger partial charge in [-0.3, -0.25) is 14.1 Å².